The minimum atomic E-state index is 0.880. The van der Waals surface area contributed by atoms with Crippen LogP contribution in [0, 0.1) is 0 Å². The largest absolute Gasteiger partial charge is 0.456 e. The third kappa shape index (κ3) is 5.82. The van der Waals surface area contributed by atoms with Crippen LogP contribution >= 0.6 is 0 Å². The van der Waals surface area contributed by atoms with E-state index in [1.54, 1.807) is 0 Å². The second-order valence-corrected chi connectivity index (χ2v) is 15.7. The van der Waals surface area contributed by atoms with E-state index in [0.29, 0.717) is 0 Å². The molecule has 0 saturated heterocycles. The number of fused-ring (bicyclic) bond motifs is 7. The zero-order valence-corrected chi connectivity index (χ0v) is 33.2. The van der Waals surface area contributed by atoms with Crippen molar-refractivity contribution in [1.29, 1.82) is 0 Å². The zero-order chi connectivity index (χ0) is 40.3. The molecule has 2 heterocycles. The average Bonchev–Trinajstić information content (AvgIpc) is 3.88. The third-order valence-corrected chi connectivity index (χ3v) is 12.2. The molecule has 0 aliphatic carbocycles. The highest BCUT2D eigenvalue weighted by atomic mass is 16.3. The van der Waals surface area contributed by atoms with Gasteiger partial charge in [0.2, 0.25) is 0 Å². The normalized spacial score (nSPS) is 11.6. The molecule has 12 rings (SSSR count). The van der Waals surface area contributed by atoms with E-state index in [1.165, 1.54) is 38.1 Å². The average molecular weight is 779 g/mol. The highest BCUT2D eigenvalue weighted by molar-refractivity contribution is 6.14. The minimum absolute atomic E-state index is 0.880. The van der Waals surface area contributed by atoms with Crippen LogP contribution in [0.25, 0.3) is 93.6 Å². The summed E-state index contributed by atoms with van der Waals surface area (Å²) in [6, 6.07) is 83.0. The molecule has 3 heteroatoms. The SMILES string of the molecule is c1ccc(N(c2ccc(-c3ccc(-n4c5ccccc5c5ccccc54)cc3)cc2)c2ccccc2-c2cccc3oc4ccccc4c23)c(-c2ccc3ccccc3c2)c1. The van der Waals surface area contributed by atoms with Gasteiger partial charge in [0.15, 0.2) is 0 Å². The summed E-state index contributed by atoms with van der Waals surface area (Å²) in [6.45, 7) is 0. The first-order chi connectivity index (χ1) is 30.3. The van der Waals surface area contributed by atoms with Crippen molar-refractivity contribution in [1.82, 2.24) is 4.57 Å². The molecular weight excluding hydrogens is 741 g/mol. The summed E-state index contributed by atoms with van der Waals surface area (Å²) in [5, 5.41) is 7.20. The Bertz CT molecular complexity index is 3540. The van der Waals surface area contributed by atoms with Gasteiger partial charge in [-0.25, -0.2) is 0 Å². The van der Waals surface area contributed by atoms with Crippen LogP contribution < -0.4 is 4.90 Å². The van der Waals surface area contributed by atoms with Crippen molar-refractivity contribution in [3.8, 4) is 39.1 Å². The van der Waals surface area contributed by atoms with Gasteiger partial charge in [-0.05, 0) is 99.8 Å². The van der Waals surface area contributed by atoms with Crippen LogP contribution in [0.5, 0.6) is 0 Å². The number of furan rings is 1. The first kappa shape index (κ1) is 34.9. The Kier molecular flexibility index (Phi) is 8.17. The van der Waals surface area contributed by atoms with Crippen LogP contribution in [0.2, 0.25) is 0 Å². The fourth-order valence-corrected chi connectivity index (χ4v) is 9.38. The van der Waals surface area contributed by atoms with Gasteiger partial charge < -0.3 is 13.9 Å². The predicted molar refractivity (Wildman–Crippen MR) is 257 cm³/mol. The second-order valence-electron chi connectivity index (χ2n) is 15.7. The van der Waals surface area contributed by atoms with Gasteiger partial charge in [-0.2, -0.15) is 0 Å². The summed E-state index contributed by atoms with van der Waals surface area (Å²) < 4.78 is 8.77. The van der Waals surface area contributed by atoms with E-state index < -0.39 is 0 Å². The Morgan fingerprint density at radius 3 is 1.61 bits per heavy atom. The first-order valence-electron chi connectivity index (χ1n) is 20.8. The van der Waals surface area contributed by atoms with E-state index in [-0.39, 0.29) is 0 Å². The monoisotopic (exact) mass is 778 g/mol. The maximum atomic E-state index is 6.40. The number of anilines is 3. The lowest BCUT2D eigenvalue weighted by Gasteiger charge is -2.30. The molecule has 61 heavy (non-hydrogen) atoms. The summed E-state index contributed by atoms with van der Waals surface area (Å²) in [4.78, 5) is 2.43. The third-order valence-electron chi connectivity index (χ3n) is 12.2. The fourth-order valence-electron chi connectivity index (χ4n) is 9.38. The molecule has 0 radical (unpaired) electrons. The van der Waals surface area contributed by atoms with Gasteiger partial charge in [-0.15, -0.1) is 0 Å². The van der Waals surface area contributed by atoms with Crippen molar-refractivity contribution in [3.05, 3.63) is 231 Å². The standard InChI is InChI=1S/C58H38N2O/c1-2-15-42-38-43(29-28-39(42)14-1)46-16-3-8-22-52(46)59(55-25-11-6-19-49(55)50-21-13-27-57-58(50)51-20-7-12-26-56(51)61-57)44-34-30-40(31-35-44)41-32-36-45(37-33-41)60-53-23-9-4-17-47(53)48-18-5-10-24-54(48)60/h1-38H. The quantitative estimate of drug-likeness (QED) is 0.161. The number of aromatic nitrogens is 1. The van der Waals surface area contributed by atoms with Gasteiger partial charge >= 0.3 is 0 Å². The molecule has 0 N–H and O–H groups in total. The summed E-state index contributed by atoms with van der Waals surface area (Å²) in [6.07, 6.45) is 0. The Morgan fingerprint density at radius 2 is 0.869 bits per heavy atom. The van der Waals surface area contributed by atoms with Gasteiger partial charge in [0.05, 0.1) is 22.4 Å². The Morgan fingerprint density at radius 1 is 0.344 bits per heavy atom. The van der Waals surface area contributed by atoms with Gasteiger partial charge in [-0.3, -0.25) is 0 Å². The lowest BCUT2D eigenvalue weighted by molar-refractivity contribution is 0.669. The van der Waals surface area contributed by atoms with Crippen LogP contribution in [0.1, 0.15) is 0 Å². The lowest BCUT2D eigenvalue weighted by atomic mass is 9.95. The van der Waals surface area contributed by atoms with E-state index >= 15 is 0 Å². The number of nitrogens with zero attached hydrogens (tertiary/aromatic N) is 2. The summed E-state index contributed by atoms with van der Waals surface area (Å²) in [5.41, 5.74) is 15.5. The molecule has 0 atom stereocenters. The van der Waals surface area contributed by atoms with E-state index in [2.05, 4.69) is 234 Å². The van der Waals surface area contributed by atoms with Gasteiger partial charge in [0, 0.05) is 44.0 Å². The first-order valence-corrected chi connectivity index (χ1v) is 20.8. The van der Waals surface area contributed by atoms with Crippen molar-refractivity contribution in [2.24, 2.45) is 0 Å². The number of benzene rings is 10. The van der Waals surface area contributed by atoms with Crippen LogP contribution in [0.4, 0.5) is 17.1 Å². The van der Waals surface area contributed by atoms with Crippen molar-refractivity contribution >= 4 is 71.6 Å². The minimum Gasteiger partial charge on any atom is -0.456 e. The van der Waals surface area contributed by atoms with E-state index in [9.17, 15) is 0 Å². The number of rotatable bonds is 7. The molecule has 0 aliphatic heterocycles. The van der Waals surface area contributed by atoms with Crippen molar-refractivity contribution in [2.45, 2.75) is 0 Å². The molecule has 0 aliphatic rings. The maximum absolute atomic E-state index is 6.40. The summed E-state index contributed by atoms with van der Waals surface area (Å²) >= 11 is 0. The van der Waals surface area contributed by atoms with Crippen LogP contribution in [-0.2, 0) is 0 Å². The van der Waals surface area contributed by atoms with Gasteiger partial charge in [0.25, 0.3) is 0 Å². The molecule has 3 nitrogen and oxygen atoms in total. The van der Waals surface area contributed by atoms with E-state index in [1.807, 2.05) is 6.07 Å². The molecule has 0 saturated carbocycles. The zero-order valence-electron chi connectivity index (χ0n) is 33.2. The van der Waals surface area contributed by atoms with Gasteiger partial charge in [-0.1, -0.05) is 164 Å². The highest BCUT2D eigenvalue weighted by Crippen LogP contribution is 2.47. The Labute approximate surface area is 353 Å². The van der Waals surface area contributed by atoms with E-state index in [4.69, 9.17) is 4.42 Å². The predicted octanol–water partition coefficient (Wildman–Crippen LogP) is 16.3. The smallest absolute Gasteiger partial charge is 0.136 e. The summed E-state index contributed by atoms with van der Waals surface area (Å²) in [5.74, 6) is 0. The molecule has 2 aromatic heterocycles. The number of hydrogen-bond acceptors (Lipinski definition) is 2. The molecule has 12 aromatic rings. The maximum Gasteiger partial charge on any atom is 0.136 e. The topological polar surface area (TPSA) is 21.3 Å². The summed E-state index contributed by atoms with van der Waals surface area (Å²) in [7, 11) is 0. The van der Waals surface area contributed by atoms with Gasteiger partial charge in [0.1, 0.15) is 11.2 Å². The molecule has 10 aromatic carbocycles. The molecule has 0 amide bonds. The van der Waals surface area contributed by atoms with Crippen molar-refractivity contribution in [3.63, 3.8) is 0 Å². The molecule has 0 fully saturated rings. The fraction of sp³-hybridized carbons (Fsp3) is 0. The molecule has 0 unspecified atom stereocenters. The number of para-hydroxylation sites is 5. The van der Waals surface area contributed by atoms with Crippen molar-refractivity contribution in [2.75, 3.05) is 4.90 Å². The molecule has 0 bridgehead atoms. The molecule has 0 spiro atoms. The van der Waals surface area contributed by atoms with Crippen LogP contribution in [-0.4, -0.2) is 4.57 Å². The molecular formula is C58H38N2O. The van der Waals surface area contributed by atoms with E-state index in [0.717, 1.165) is 72.5 Å². The number of hydrogen-bond donors (Lipinski definition) is 0. The highest BCUT2D eigenvalue weighted by Gasteiger charge is 2.23. The molecule has 286 valence electrons. The van der Waals surface area contributed by atoms with Crippen LogP contribution in [0.3, 0.4) is 0 Å². The van der Waals surface area contributed by atoms with Crippen LogP contribution in [0.15, 0.2) is 235 Å². The van der Waals surface area contributed by atoms with Crippen molar-refractivity contribution < 1.29 is 4.42 Å². The Balaban J connectivity index is 1.00. The second kappa shape index (κ2) is 14.3. The lowest BCUT2D eigenvalue weighted by Crippen LogP contribution is -2.12. The Hall–Kier alpha value is -8.14.